The first-order valence-corrected chi connectivity index (χ1v) is 9.80. The molecule has 31 heavy (non-hydrogen) atoms. The van der Waals surface area contributed by atoms with Gasteiger partial charge in [0.05, 0.1) is 17.3 Å². The van der Waals surface area contributed by atoms with Gasteiger partial charge in [-0.3, -0.25) is 24.6 Å². The van der Waals surface area contributed by atoms with Crippen LogP contribution in [0, 0.1) is 0 Å². The summed E-state index contributed by atoms with van der Waals surface area (Å²) in [6, 6.07) is 13.9. The lowest BCUT2D eigenvalue weighted by atomic mass is 10.0. The number of benzene rings is 2. The third-order valence-corrected chi connectivity index (χ3v) is 4.85. The summed E-state index contributed by atoms with van der Waals surface area (Å²) in [6.45, 7) is 1.96. The number of anilines is 3. The standard InChI is InChI=1S/C22H25N5O4/c1-4-15(13-9-6-5-7-10-13)23-17-18(21(30)26-25-20(17)29)24-16-12-8-11-14(19(16)28)22(31)27(2)3/h5-12,15,28H,4H2,1-3H3,(H2,23,26,30)(H2,24,25,29)/t15-/m1/s1. The van der Waals surface area contributed by atoms with E-state index in [1.54, 1.807) is 20.2 Å². The maximum absolute atomic E-state index is 12.6. The van der Waals surface area contributed by atoms with Gasteiger partial charge in [0.1, 0.15) is 11.4 Å². The number of amides is 1. The van der Waals surface area contributed by atoms with Crippen molar-refractivity contribution in [3.05, 3.63) is 80.4 Å². The summed E-state index contributed by atoms with van der Waals surface area (Å²) in [5, 5.41) is 21.1. The molecule has 1 amide bonds. The number of nitrogens with one attached hydrogen (secondary N) is 4. The van der Waals surface area contributed by atoms with Crippen molar-refractivity contribution in [3.63, 3.8) is 0 Å². The average Bonchev–Trinajstić information content (AvgIpc) is 2.77. The van der Waals surface area contributed by atoms with Crippen molar-refractivity contribution in [1.29, 1.82) is 0 Å². The van der Waals surface area contributed by atoms with E-state index in [2.05, 4.69) is 20.8 Å². The lowest BCUT2D eigenvalue weighted by Gasteiger charge is -2.20. The number of hydrogen-bond acceptors (Lipinski definition) is 6. The predicted molar refractivity (Wildman–Crippen MR) is 120 cm³/mol. The minimum absolute atomic E-state index is 0.0307. The molecule has 5 N–H and O–H groups in total. The van der Waals surface area contributed by atoms with E-state index in [4.69, 9.17) is 0 Å². The highest BCUT2D eigenvalue weighted by atomic mass is 16.3. The molecule has 0 aliphatic heterocycles. The number of carbonyl (C=O) groups excluding carboxylic acids is 1. The largest absolute Gasteiger partial charge is 0.505 e. The summed E-state index contributed by atoms with van der Waals surface area (Å²) in [5.74, 6) is -0.712. The van der Waals surface area contributed by atoms with Gasteiger partial charge in [-0.05, 0) is 24.1 Å². The molecule has 0 fully saturated rings. The van der Waals surface area contributed by atoms with Gasteiger partial charge in [-0.25, -0.2) is 0 Å². The fraction of sp³-hybridized carbons (Fsp3) is 0.227. The Labute approximate surface area is 178 Å². The summed E-state index contributed by atoms with van der Waals surface area (Å²) in [5.41, 5.74) is -0.00510. The minimum Gasteiger partial charge on any atom is -0.505 e. The van der Waals surface area contributed by atoms with Crippen LogP contribution in [0.5, 0.6) is 5.75 Å². The molecule has 0 radical (unpaired) electrons. The molecule has 0 unspecified atom stereocenters. The fourth-order valence-corrected chi connectivity index (χ4v) is 3.20. The van der Waals surface area contributed by atoms with Gasteiger partial charge >= 0.3 is 0 Å². The van der Waals surface area contributed by atoms with Gasteiger partial charge in [-0.15, -0.1) is 0 Å². The molecule has 1 heterocycles. The molecular formula is C22H25N5O4. The molecule has 0 saturated heterocycles. The Bertz CT molecular complexity index is 1180. The van der Waals surface area contributed by atoms with E-state index < -0.39 is 17.0 Å². The number of aromatic nitrogens is 2. The molecule has 3 rings (SSSR count). The fourth-order valence-electron chi connectivity index (χ4n) is 3.20. The number of phenols is 1. The molecular weight excluding hydrogens is 398 g/mol. The van der Waals surface area contributed by atoms with Crippen LogP contribution in [-0.4, -0.2) is 40.2 Å². The first-order valence-electron chi connectivity index (χ1n) is 9.80. The second kappa shape index (κ2) is 9.21. The Morgan fingerprint density at radius 3 is 2.26 bits per heavy atom. The molecule has 9 heteroatoms. The maximum Gasteiger partial charge on any atom is 0.288 e. The van der Waals surface area contributed by atoms with Crippen LogP contribution in [0.25, 0.3) is 0 Å². The molecule has 1 atom stereocenters. The summed E-state index contributed by atoms with van der Waals surface area (Å²) >= 11 is 0. The number of hydrogen-bond donors (Lipinski definition) is 5. The molecule has 1 aromatic heterocycles. The SMILES string of the molecule is CC[C@@H](Nc1c(Nc2cccc(C(=O)N(C)C)c2O)c(=O)[nH][nH]c1=O)c1ccccc1. The van der Waals surface area contributed by atoms with Crippen molar-refractivity contribution in [2.75, 3.05) is 24.7 Å². The van der Waals surface area contributed by atoms with Gasteiger partial charge in [0.15, 0.2) is 5.75 Å². The monoisotopic (exact) mass is 423 g/mol. The second-order valence-corrected chi connectivity index (χ2v) is 7.20. The van der Waals surface area contributed by atoms with E-state index in [1.807, 2.05) is 37.3 Å². The first-order chi connectivity index (χ1) is 14.8. The zero-order valence-corrected chi connectivity index (χ0v) is 17.5. The number of carbonyl (C=O) groups is 1. The Morgan fingerprint density at radius 1 is 1.00 bits per heavy atom. The van der Waals surface area contributed by atoms with Crippen LogP contribution in [0.3, 0.4) is 0 Å². The molecule has 3 aromatic rings. The van der Waals surface area contributed by atoms with E-state index in [1.165, 1.54) is 17.0 Å². The van der Waals surface area contributed by atoms with Crippen LogP contribution in [0.1, 0.15) is 35.3 Å². The molecule has 162 valence electrons. The lowest BCUT2D eigenvalue weighted by Crippen LogP contribution is -2.27. The zero-order chi connectivity index (χ0) is 22.5. The van der Waals surface area contributed by atoms with Gasteiger partial charge in [-0.2, -0.15) is 0 Å². The number of rotatable bonds is 7. The summed E-state index contributed by atoms with van der Waals surface area (Å²) in [4.78, 5) is 38.8. The molecule has 0 spiro atoms. The molecule has 0 saturated carbocycles. The van der Waals surface area contributed by atoms with Crippen molar-refractivity contribution in [2.24, 2.45) is 0 Å². The molecule has 9 nitrogen and oxygen atoms in total. The normalized spacial score (nSPS) is 11.6. The highest BCUT2D eigenvalue weighted by Crippen LogP contribution is 2.32. The van der Waals surface area contributed by atoms with Crippen molar-refractivity contribution in [1.82, 2.24) is 15.1 Å². The van der Waals surface area contributed by atoms with Crippen molar-refractivity contribution >= 4 is 23.0 Å². The molecule has 0 bridgehead atoms. The number of phenolic OH excluding ortho intramolecular Hbond substituents is 1. The average molecular weight is 423 g/mol. The summed E-state index contributed by atoms with van der Waals surface area (Å²) in [7, 11) is 3.14. The Balaban J connectivity index is 2.03. The molecule has 0 aliphatic carbocycles. The first kappa shape index (κ1) is 21.7. The minimum atomic E-state index is -0.589. The van der Waals surface area contributed by atoms with Gasteiger partial charge in [0.2, 0.25) is 0 Å². The van der Waals surface area contributed by atoms with Gasteiger partial charge in [0.25, 0.3) is 17.0 Å². The zero-order valence-electron chi connectivity index (χ0n) is 17.5. The van der Waals surface area contributed by atoms with E-state index in [9.17, 15) is 19.5 Å². The maximum atomic E-state index is 12.6. The van der Waals surface area contributed by atoms with Crippen molar-refractivity contribution in [2.45, 2.75) is 19.4 Å². The van der Waals surface area contributed by atoms with Crippen LogP contribution in [0.4, 0.5) is 17.1 Å². The summed E-state index contributed by atoms with van der Waals surface area (Å²) in [6.07, 6.45) is 0.660. The van der Waals surface area contributed by atoms with E-state index in [0.717, 1.165) is 5.56 Å². The number of nitrogens with zero attached hydrogens (tertiary/aromatic N) is 1. The number of aromatic amines is 2. The van der Waals surface area contributed by atoms with E-state index in [0.29, 0.717) is 6.42 Å². The lowest BCUT2D eigenvalue weighted by molar-refractivity contribution is 0.0824. The summed E-state index contributed by atoms with van der Waals surface area (Å²) < 4.78 is 0. The molecule has 0 aliphatic rings. The van der Waals surface area contributed by atoms with Gasteiger partial charge in [0, 0.05) is 14.1 Å². The van der Waals surface area contributed by atoms with Crippen molar-refractivity contribution in [3.8, 4) is 5.75 Å². The second-order valence-electron chi connectivity index (χ2n) is 7.20. The van der Waals surface area contributed by atoms with Gasteiger partial charge < -0.3 is 20.6 Å². The number of H-pyrrole nitrogens is 2. The van der Waals surface area contributed by atoms with Crippen molar-refractivity contribution < 1.29 is 9.90 Å². The Hall–Kier alpha value is -4.01. The molecule has 2 aromatic carbocycles. The smallest absolute Gasteiger partial charge is 0.288 e. The quantitative estimate of drug-likeness (QED) is 0.372. The topological polar surface area (TPSA) is 130 Å². The van der Waals surface area contributed by atoms with Crippen LogP contribution >= 0.6 is 0 Å². The highest BCUT2D eigenvalue weighted by molar-refractivity contribution is 5.98. The van der Waals surface area contributed by atoms with E-state index in [-0.39, 0.29) is 34.4 Å². The third kappa shape index (κ3) is 4.61. The van der Waals surface area contributed by atoms with Crippen LogP contribution < -0.4 is 21.8 Å². The van der Waals surface area contributed by atoms with E-state index >= 15 is 0 Å². The Morgan fingerprint density at radius 2 is 1.65 bits per heavy atom. The number of aromatic hydroxyl groups is 1. The van der Waals surface area contributed by atoms with Crippen LogP contribution in [0.2, 0.25) is 0 Å². The third-order valence-electron chi connectivity index (χ3n) is 4.85. The highest BCUT2D eigenvalue weighted by Gasteiger charge is 2.20. The van der Waals surface area contributed by atoms with Crippen LogP contribution in [0.15, 0.2) is 58.1 Å². The van der Waals surface area contributed by atoms with Gasteiger partial charge in [-0.1, -0.05) is 43.3 Å². The predicted octanol–water partition coefficient (Wildman–Crippen LogP) is 2.78. The van der Waals surface area contributed by atoms with Crippen LogP contribution in [-0.2, 0) is 0 Å². The Kier molecular flexibility index (Phi) is 6.44. The number of para-hydroxylation sites is 1.